The molecule has 0 aliphatic carbocycles. The molecule has 1 N–H and O–H groups in total. The van der Waals surface area contributed by atoms with Gasteiger partial charge < -0.3 is 19.2 Å². The van der Waals surface area contributed by atoms with Gasteiger partial charge in [0.15, 0.2) is 8.32 Å². The van der Waals surface area contributed by atoms with E-state index in [1.807, 2.05) is 13.1 Å². The van der Waals surface area contributed by atoms with Crippen molar-refractivity contribution in [3.05, 3.63) is 0 Å². The summed E-state index contributed by atoms with van der Waals surface area (Å²) < 4.78 is 16.3. The lowest BCUT2D eigenvalue weighted by Gasteiger charge is -2.37. The maximum Gasteiger partial charge on any atom is 0.408 e. The van der Waals surface area contributed by atoms with Crippen molar-refractivity contribution in [2.24, 2.45) is 0 Å². The van der Waals surface area contributed by atoms with Gasteiger partial charge >= 0.3 is 12.1 Å². The highest BCUT2D eigenvalue weighted by Crippen LogP contribution is 2.37. The lowest BCUT2D eigenvalue weighted by Crippen LogP contribution is -2.45. The maximum atomic E-state index is 11.9. The van der Waals surface area contributed by atoms with Crippen LogP contribution in [0.1, 0.15) is 48.5 Å². The molecular formula is C17H31NO5Si. The van der Waals surface area contributed by atoms with Crippen LogP contribution in [-0.2, 0) is 18.7 Å². The Hall–Kier alpha value is -1.52. The minimum absolute atomic E-state index is 0.0398. The zero-order valence-corrected chi connectivity index (χ0v) is 17.3. The molecule has 0 saturated heterocycles. The van der Waals surface area contributed by atoms with E-state index in [1.54, 1.807) is 27.7 Å². The van der Waals surface area contributed by atoms with Crippen LogP contribution in [0.3, 0.4) is 0 Å². The average molecular weight is 358 g/mol. The van der Waals surface area contributed by atoms with Crippen LogP contribution in [0.25, 0.3) is 0 Å². The summed E-state index contributed by atoms with van der Waals surface area (Å²) in [6.45, 7) is 16.9. The van der Waals surface area contributed by atoms with Crippen molar-refractivity contribution in [3.63, 3.8) is 0 Å². The Morgan fingerprint density at radius 2 is 1.67 bits per heavy atom. The van der Waals surface area contributed by atoms with Gasteiger partial charge in [-0.25, -0.2) is 4.79 Å². The first kappa shape index (κ1) is 22.5. The van der Waals surface area contributed by atoms with Crippen molar-refractivity contribution in [1.29, 1.82) is 0 Å². The second kappa shape index (κ2) is 8.54. The van der Waals surface area contributed by atoms with Crippen LogP contribution >= 0.6 is 0 Å². The van der Waals surface area contributed by atoms with E-state index >= 15 is 0 Å². The molecule has 0 aromatic heterocycles. The Balaban J connectivity index is 4.65. The lowest BCUT2D eigenvalue weighted by atomic mass is 10.2. The Kier molecular flexibility index (Phi) is 8.00. The third kappa shape index (κ3) is 8.94. The van der Waals surface area contributed by atoms with Crippen molar-refractivity contribution in [1.82, 2.24) is 5.32 Å². The predicted octanol–water partition coefficient (Wildman–Crippen LogP) is 3.43. The monoisotopic (exact) mass is 357 g/mol. The van der Waals surface area contributed by atoms with E-state index in [0.29, 0.717) is 0 Å². The number of ether oxygens (including phenoxy) is 2. The van der Waals surface area contributed by atoms with E-state index in [1.165, 1.54) is 0 Å². The summed E-state index contributed by atoms with van der Waals surface area (Å²) in [6.07, 6.45) is -1.62. The molecule has 0 aliphatic rings. The fourth-order valence-electron chi connectivity index (χ4n) is 1.26. The number of nitrogens with one attached hydrogen (secondary N) is 1. The Morgan fingerprint density at radius 3 is 2.08 bits per heavy atom. The van der Waals surface area contributed by atoms with Crippen molar-refractivity contribution in [2.45, 2.75) is 78.5 Å². The van der Waals surface area contributed by atoms with Gasteiger partial charge in [-0.05, 0) is 51.7 Å². The van der Waals surface area contributed by atoms with E-state index in [4.69, 9.17) is 13.9 Å². The first-order chi connectivity index (χ1) is 10.7. The summed E-state index contributed by atoms with van der Waals surface area (Å²) in [6, 6.07) is 0. The molecule has 0 radical (unpaired) electrons. The molecule has 6 nitrogen and oxygen atoms in total. The van der Waals surface area contributed by atoms with Gasteiger partial charge in [0.1, 0.15) is 12.1 Å². The summed E-state index contributed by atoms with van der Waals surface area (Å²) in [4.78, 5) is 23.5. The Labute approximate surface area is 146 Å². The first-order valence-corrected chi connectivity index (χ1v) is 10.9. The number of carbonyl (C=O) groups is 2. The molecule has 0 aliphatic heterocycles. The third-order valence-electron chi connectivity index (χ3n) is 3.48. The molecule has 138 valence electrons. The van der Waals surface area contributed by atoms with Crippen molar-refractivity contribution >= 4 is 20.4 Å². The van der Waals surface area contributed by atoms with Crippen molar-refractivity contribution in [3.8, 4) is 11.8 Å². The van der Waals surface area contributed by atoms with Crippen molar-refractivity contribution < 1.29 is 23.5 Å². The van der Waals surface area contributed by atoms with Gasteiger partial charge in [0.05, 0.1) is 0 Å². The third-order valence-corrected chi connectivity index (χ3v) is 7.90. The minimum Gasteiger partial charge on any atom is -0.444 e. The molecule has 0 aromatic rings. The SMILES string of the molecule is CC#C[C@@H](OC(=O)CNC(=O)OC(C)(C)C)O[Si](C)(C)C(C)(C)C. The number of rotatable bonds is 5. The lowest BCUT2D eigenvalue weighted by molar-refractivity contribution is -0.156. The minimum atomic E-state index is -2.14. The van der Waals surface area contributed by atoms with E-state index in [9.17, 15) is 9.59 Å². The van der Waals surface area contributed by atoms with E-state index < -0.39 is 32.3 Å². The van der Waals surface area contributed by atoms with Gasteiger partial charge in [-0.1, -0.05) is 20.8 Å². The molecular weight excluding hydrogens is 326 g/mol. The van der Waals surface area contributed by atoms with E-state index in [0.717, 1.165) is 0 Å². The molecule has 0 spiro atoms. The molecule has 0 aromatic carbocycles. The topological polar surface area (TPSA) is 73.9 Å². The largest absolute Gasteiger partial charge is 0.444 e. The smallest absolute Gasteiger partial charge is 0.408 e. The molecule has 1 atom stereocenters. The van der Waals surface area contributed by atoms with Crippen LogP contribution in [0.2, 0.25) is 18.1 Å². The molecule has 0 saturated carbocycles. The number of amides is 1. The van der Waals surface area contributed by atoms with Crippen LogP contribution in [-0.4, -0.2) is 38.8 Å². The van der Waals surface area contributed by atoms with Gasteiger partial charge in [0.25, 0.3) is 6.29 Å². The van der Waals surface area contributed by atoms with Crippen LogP contribution in [0.5, 0.6) is 0 Å². The molecule has 0 unspecified atom stereocenters. The molecule has 7 heteroatoms. The van der Waals surface area contributed by atoms with E-state index in [2.05, 4.69) is 37.9 Å². The predicted molar refractivity (Wildman–Crippen MR) is 95.8 cm³/mol. The summed E-state index contributed by atoms with van der Waals surface area (Å²) in [7, 11) is -2.14. The van der Waals surface area contributed by atoms with Crippen LogP contribution in [0.15, 0.2) is 0 Å². The second-order valence-electron chi connectivity index (χ2n) is 7.95. The number of carbonyl (C=O) groups excluding carboxylic acids is 2. The molecule has 1 amide bonds. The zero-order valence-electron chi connectivity index (χ0n) is 16.3. The summed E-state index contributed by atoms with van der Waals surface area (Å²) in [5.41, 5.74) is -0.629. The quantitative estimate of drug-likeness (QED) is 0.353. The second-order valence-corrected chi connectivity index (χ2v) is 12.7. The molecule has 0 fully saturated rings. The number of alkyl carbamates (subject to hydrolysis) is 1. The first-order valence-electron chi connectivity index (χ1n) is 7.94. The molecule has 0 heterocycles. The fraction of sp³-hybridized carbons (Fsp3) is 0.765. The zero-order chi connectivity index (χ0) is 19.2. The van der Waals surface area contributed by atoms with Gasteiger partial charge in [0.2, 0.25) is 0 Å². The Bertz CT molecular complexity index is 506. The number of hydrogen-bond donors (Lipinski definition) is 1. The maximum absolute atomic E-state index is 11.9. The highest BCUT2D eigenvalue weighted by atomic mass is 28.4. The highest BCUT2D eigenvalue weighted by Gasteiger charge is 2.39. The molecule has 0 rings (SSSR count). The van der Waals surface area contributed by atoms with Gasteiger partial charge in [-0.15, -0.1) is 5.92 Å². The van der Waals surface area contributed by atoms with E-state index in [-0.39, 0.29) is 11.6 Å². The highest BCUT2D eigenvalue weighted by molar-refractivity contribution is 6.74. The fourth-order valence-corrected chi connectivity index (χ4v) is 2.26. The van der Waals surface area contributed by atoms with Gasteiger partial charge in [-0.2, -0.15) is 0 Å². The van der Waals surface area contributed by atoms with Gasteiger partial charge in [0, 0.05) is 0 Å². The Morgan fingerprint density at radius 1 is 1.12 bits per heavy atom. The van der Waals surface area contributed by atoms with Gasteiger partial charge in [-0.3, -0.25) is 4.79 Å². The summed E-state index contributed by atoms with van der Waals surface area (Å²) >= 11 is 0. The van der Waals surface area contributed by atoms with Crippen LogP contribution in [0.4, 0.5) is 4.79 Å². The van der Waals surface area contributed by atoms with Crippen molar-refractivity contribution in [2.75, 3.05) is 6.54 Å². The summed E-state index contributed by atoms with van der Waals surface area (Å²) in [5, 5.41) is 2.31. The van der Waals surface area contributed by atoms with Crippen LogP contribution < -0.4 is 5.32 Å². The summed E-state index contributed by atoms with van der Waals surface area (Å²) in [5.74, 6) is 4.81. The average Bonchev–Trinajstić information content (AvgIpc) is 2.32. The molecule has 0 bridgehead atoms. The number of esters is 1. The number of hydrogen-bond acceptors (Lipinski definition) is 5. The standard InChI is InChI=1S/C17H31NO5Si/c1-10-11-14(23-24(8,9)17(5,6)7)21-13(19)12-18-15(20)22-16(2,3)4/h14H,12H2,1-9H3,(H,18,20)/t14-/m0/s1. The molecule has 24 heavy (non-hydrogen) atoms. The van der Waals surface area contributed by atoms with Crippen LogP contribution in [0, 0.1) is 11.8 Å². The normalized spacial score (nSPS) is 13.4.